The second kappa shape index (κ2) is 8.08. The third-order valence-corrected chi connectivity index (χ3v) is 6.36. The number of nitrogens with zero attached hydrogens (tertiary/aromatic N) is 5. The first-order valence-electron chi connectivity index (χ1n) is 10.2. The SMILES string of the molecule is Cc1cc2nc(n1)C1CCCCN1Cc1ccc(cn1)CNC(=O)c1cnc(s1)N2. The van der Waals surface area contributed by atoms with Crippen molar-refractivity contribution in [3.8, 4) is 0 Å². The number of amides is 1. The van der Waals surface area contributed by atoms with Gasteiger partial charge in [-0.05, 0) is 37.9 Å². The number of piperidine rings is 1. The Balaban J connectivity index is 1.55. The molecule has 1 atom stereocenters. The van der Waals surface area contributed by atoms with Crippen molar-refractivity contribution >= 4 is 28.2 Å². The van der Waals surface area contributed by atoms with Crippen LogP contribution in [0.3, 0.4) is 0 Å². The van der Waals surface area contributed by atoms with E-state index < -0.39 is 0 Å². The van der Waals surface area contributed by atoms with Crippen LogP contribution in [0.1, 0.15) is 57.8 Å². The molecule has 1 fully saturated rings. The Morgan fingerprint density at radius 3 is 2.97 bits per heavy atom. The predicted molar refractivity (Wildman–Crippen MR) is 115 cm³/mol. The summed E-state index contributed by atoms with van der Waals surface area (Å²) in [5.74, 6) is 1.38. The van der Waals surface area contributed by atoms with E-state index in [1.165, 1.54) is 17.8 Å². The van der Waals surface area contributed by atoms with Gasteiger partial charge in [-0.1, -0.05) is 23.8 Å². The maximum absolute atomic E-state index is 12.5. The first-order valence-corrected chi connectivity index (χ1v) is 11.0. The number of aryl methyl sites for hydroxylation is 1. The van der Waals surface area contributed by atoms with Crippen molar-refractivity contribution in [2.45, 2.75) is 45.3 Å². The minimum absolute atomic E-state index is 0.148. The summed E-state index contributed by atoms with van der Waals surface area (Å²) in [5, 5.41) is 6.83. The van der Waals surface area contributed by atoms with Crippen molar-refractivity contribution in [1.29, 1.82) is 0 Å². The Kier molecular flexibility index (Phi) is 5.14. The maximum Gasteiger partial charge on any atom is 0.263 e. The number of pyridine rings is 1. The molecule has 2 N–H and O–H groups in total. The van der Waals surface area contributed by atoms with Crippen LogP contribution in [0.2, 0.25) is 0 Å². The molecule has 6 bridgehead atoms. The fraction of sp³-hybridized carbons (Fsp3) is 0.381. The summed E-state index contributed by atoms with van der Waals surface area (Å²) < 4.78 is 0. The van der Waals surface area contributed by atoms with E-state index in [1.54, 1.807) is 6.20 Å². The van der Waals surface area contributed by atoms with Gasteiger partial charge in [0.15, 0.2) is 5.13 Å². The van der Waals surface area contributed by atoms with E-state index in [9.17, 15) is 4.79 Å². The van der Waals surface area contributed by atoms with Crippen molar-refractivity contribution < 1.29 is 4.79 Å². The van der Waals surface area contributed by atoms with E-state index in [2.05, 4.69) is 25.5 Å². The second-order valence-electron chi connectivity index (χ2n) is 7.73. The van der Waals surface area contributed by atoms with Crippen LogP contribution in [-0.4, -0.2) is 37.3 Å². The number of hydrogen-bond donors (Lipinski definition) is 2. The highest BCUT2D eigenvalue weighted by Gasteiger charge is 2.27. The van der Waals surface area contributed by atoms with E-state index in [4.69, 9.17) is 9.97 Å². The van der Waals surface area contributed by atoms with Gasteiger partial charge in [0, 0.05) is 31.0 Å². The normalized spacial score (nSPS) is 19.5. The average Bonchev–Trinajstić information content (AvgIpc) is 3.21. The maximum atomic E-state index is 12.5. The van der Waals surface area contributed by atoms with Gasteiger partial charge in [-0.2, -0.15) is 0 Å². The van der Waals surface area contributed by atoms with Crippen molar-refractivity contribution in [1.82, 2.24) is 30.2 Å². The lowest BCUT2D eigenvalue weighted by Gasteiger charge is -2.34. The number of carbonyl (C=O) groups excluding carboxylic acids is 1. The van der Waals surface area contributed by atoms with E-state index in [0.29, 0.717) is 22.4 Å². The molecule has 154 valence electrons. The van der Waals surface area contributed by atoms with E-state index in [1.807, 2.05) is 31.3 Å². The Labute approximate surface area is 178 Å². The zero-order valence-electron chi connectivity index (χ0n) is 16.8. The largest absolute Gasteiger partial charge is 0.347 e. The van der Waals surface area contributed by atoms with Gasteiger partial charge in [-0.3, -0.25) is 14.7 Å². The lowest BCUT2D eigenvalue weighted by Crippen LogP contribution is -2.34. The molecule has 3 aromatic heterocycles. The lowest BCUT2D eigenvalue weighted by atomic mass is 10.0. The predicted octanol–water partition coefficient (Wildman–Crippen LogP) is 3.35. The van der Waals surface area contributed by atoms with E-state index in [-0.39, 0.29) is 11.9 Å². The molecule has 3 aromatic rings. The summed E-state index contributed by atoms with van der Waals surface area (Å²) in [4.78, 5) is 34.0. The van der Waals surface area contributed by atoms with Crippen LogP contribution in [0.15, 0.2) is 30.6 Å². The fourth-order valence-electron chi connectivity index (χ4n) is 3.95. The molecular formula is C21H23N7OS. The molecule has 3 aliphatic rings. The van der Waals surface area contributed by atoms with Gasteiger partial charge in [-0.15, -0.1) is 0 Å². The van der Waals surface area contributed by atoms with Crippen LogP contribution in [0.25, 0.3) is 0 Å². The van der Waals surface area contributed by atoms with Crippen molar-refractivity contribution in [3.05, 3.63) is 58.2 Å². The smallest absolute Gasteiger partial charge is 0.263 e. The molecule has 0 radical (unpaired) electrons. The van der Waals surface area contributed by atoms with Crippen LogP contribution in [-0.2, 0) is 13.1 Å². The number of fused-ring (bicyclic) bond motifs is 4. The Morgan fingerprint density at radius 1 is 1.17 bits per heavy atom. The summed E-state index contributed by atoms with van der Waals surface area (Å²) in [7, 11) is 0. The molecule has 3 aliphatic heterocycles. The fourth-order valence-corrected chi connectivity index (χ4v) is 4.69. The number of nitrogens with one attached hydrogen (secondary N) is 2. The summed E-state index contributed by atoms with van der Waals surface area (Å²) in [5.41, 5.74) is 2.89. The number of thiazole rings is 1. The van der Waals surface area contributed by atoms with Crippen molar-refractivity contribution in [2.75, 3.05) is 11.9 Å². The first-order chi connectivity index (χ1) is 14.6. The van der Waals surface area contributed by atoms with Crippen LogP contribution in [0.4, 0.5) is 10.9 Å². The summed E-state index contributed by atoms with van der Waals surface area (Å²) in [6, 6.07) is 6.14. The number of carbonyl (C=O) groups is 1. The molecule has 30 heavy (non-hydrogen) atoms. The van der Waals surface area contributed by atoms with Crippen LogP contribution in [0, 0.1) is 6.92 Å². The second-order valence-corrected chi connectivity index (χ2v) is 8.76. The number of aromatic nitrogens is 4. The highest BCUT2D eigenvalue weighted by molar-refractivity contribution is 7.17. The average molecular weight is 422 g/mol. The minimum Gasteiger partial charge on any atom is -0.347 e. The zero-order valence-corrected chi connectivity index (χ0v) is 17.6. The standard InChI is InChI=1S/C21H23N7OS/c1-13-8-18-26-19(25-13)16-4-2-3-7-28(16)12-15-6-5-14(9-22-15)10-23-20(29)17-11-24-21(27-18)30-17/h5-6,8-9,11,16H,2-4,7,10,12H2,1H3,(H,23,29)(H,24,25,26,27). The molecule has 9 heteroatoms. The Hall–Kier alpha value is -2.91. The summed E-state index contributed by atoms with van der Waals surface area (Å²) >= 11 is 1.31. The molecule has 8 nitrogen and oxygen atoms in total. The van der Waals surface area contributed by atoms with Gasteiger partial charge in [0.2, 0.25) is 0 Å². The molecule has 0 spiro atoms. The summed E-state index contributed by atoms with van der Waals surface area (Å²) in [6.07, 6.45) is 6.79. The molecule has 0 aromatic carbocycles. The monoisotopic (exact) mass is 421 g/mol. The van der Waals surface area contributed by atoms with Crippen molar-refractivity contribution in [2.24, 2.45) is 0 Å². The molecule has 6 heterocycles. The van der Waals surface area contributed by atoms with Crippen LogP contribution < -0.4 is 10.6 Å². The number of rotatable bonds is 0. The first kappa shape index (κ1) is 19.1. The topological polar surface area (TPSA) is 95.9 Å². The third-order valence-electron chi connectivity index (χ3n) is 5.45. The highest BCUT2D eigenvalue weighted by Crippen LogP contribution is 2.31. The quantitative estimate of drug-likeness (QED) is 0.575. The Morgan fingerprint density at radius 2 is 2.10 bits per heavy atom. The Bertz CT molecular complexity index is 1070. The van der Waals surface area contributed by atoms with Gasteiger partial charge < -0.3 is 10.6 Å². The molecule has 1 amide bonds. The van der Waals surface area contributed by atoms with Gasteiger partial charge in [0.1, 0.15) is 16.5 Å². The number of hydrogen-bond acceptors (Lipinski definition) is 8. The molecule has 0 saturated carbocycles. The molecule has 1 saturated heterocycles. The van der Waals surface area contributed by atoms with Crippen molar-refractivity contribution in [3.63, 3.8) is 0 Å². The van der Waals surface area contributed by atoms with Gasteiger partial charge in [-0.25, -0.2) is 15.0 Å². The number of anilines is 2. The van der Waals surface area contributed by atoms with E-state index in [0.717, 1.165) is 48.7 Å². The summed E-state index contributed by atoms with van der Waals surface area (Å²) in [6.45, 7) is 4.17. The minimum atomic E-state index is -0.148. The third kappa shape index (κ3) is 4.03. The van der Waals surface area contributed by atoms with Gasteiger partial charge >= 0.3 is 0 Å². The molecule has 1 unspecified atom stereocenters. The molecular weight excluding hydrogens is 398 g/mol. The zero-order chi connectivity index (χ0) is 20.5. The molecule has 0 aliphatic carbocycles. The van der Waals surface area contributed by atoms with Gasteiger partial charge in [0.25, 0.3) is 5.91 Å². The highest BCUT2D eigenvalue weighted by atomic mass is 32.1. The van der Waals surface area contributed by atoms with Crippen LogP contribution >= 0.6 is 11.3 Å². The lowest BCUT2D eigenvalue weighted by molar-refractivity contribution is 0.0954. The van der Waals surface area contributed by atoms with Crippen LogP contribution in [0.5, 0.6) is 0 Å². The van der Waals surface area contributed by atoms with Gasteiger partial charge in [0.05, 0.1) is 17.9 Å². The molecule has 6 rings (SSSR count). The van der Waals surface area contributed by atoms with E-state index >= 15 is 0 Å².